The Hall–Kier alpha value is -0.620. The first-order chi connectivity index (χ1) is 9.60. The van der Waals surface area contributed by atoms with Gasteiger partial charge in [-0.2, -0.15) is 0 Å². The largest absolute Gasteiger partial charge is 0.490 e. The van der Waals surface area contributed by atoms with Gasteiger partial charge >= 0.3 is 0 Å². The molecule has 2 rings (SSSR count). The first-order valence-corrected chi connectivity index (χ1v) is 7.91. The minimum absolute atomic E-state index is 0.0440. The van der Waals surface area contributed by atoms with Gasteiger partial charge in [0, 0.05) is 29.2 Å². The van der Waals surface area contributed by atoms with Crippen LogP contribution in [0.4, 0.5) is 0 Å². The van der Waals surface area contributed by atoms with Crippen molar-refractivity contribution in [2.45, 2.75) is 26.0 Å². The quantitative estimate of drug-likeness (QED) is 0.893. The van der Waals surface area contributed by atoms with Crippen LogP contribution in [0.1, 0.15) is 25.5 Å². The summed E-state index contributed by atoms with van der Waals surface area (Å²) in [5.74, 6) is 0.839. The number of halogens is 1. The second-order valence-electron chi connectivity index (χ2n) is 5.17. The first-order valence-electron chi connectivity index (χ1n) is 7.12. The van der Waals surface area contributed by atoms with E-state index in [1.165, 1.54) is 0 Å². The summed E-state index contributed by atoms with van der Waals surface area (Å²) in [7, 11) is 0. The van der Waals surface area contributed by atoms with Crippen LogP contribution < -0.4 is 10.5 Å². The van der Waals surface area contributed by atoms with Gasteiger partial charge in [0.15, 0.2) is 0 Å². The van der Waals surface area contributed by atoms with Crippen LogP contribution in [0.3, 0.4) is 0 Å². The number of morpholine rings is 1. The predicted octanol–water partition coefficient (Wildman–Crippen LogP) is 2.57. The van der Waals surface area contributed by atoms with Crippen molar-refractivity contribution < 1.29 is 9.47 Å². The Labute approximate surface area is 129 Å². The summed E-state index contributed by atoms with van der Waals surface area (Å²) in [6.07, 6.45) is 0.128. The van der Waals surface area contributed by atoms with E-state index in [-0.39, 0.29) is 12.1 Å². The third-order valence-corrected chi connectivity index (χ3v) is 4.05. The fourth-order valence-electron chi connectivity index (χ4n) is 2.36. The van der Waals surface area contributed by atoms with Gasteiger partial charge in [0.1, 0.15) is 18.5 Å². The molecule has 0 amide bonds. The van der Waals surface area contributed by atoms with Crippen molar-refractivity contribution in [2.24, 2.45) is 5.73 Å². The van der Waals surface area contributed by atoms with E-state index in [2.05, 4.69) is 27.8 Å². The molecule has 1 aliphatic rings. The molecule has 2 atom stereocenters. The first kappa shape index (κ1) is 15.8. The molecule has 1 aromatic carbocycles. The standard InChI is InChI=1S/C15H23BrN2O2/c1-3-18-6-7-19-13(9-18)10-20-15-8-12(16)4-5-14(15)11(2)17/h4-5,8,11,13H,3,6-7,9-10,17H2,1-2H3. The molecule has 1 saturated heterocycles. The van der Waals surface area contributed by atoms with Gasteiger partial charge in [-0.25, -0.2) is 0 Å². The highest BCUT2D eigenvalue weighted by molar-refractivity contribution is 9.10. The molecule has 1 aliphatic heterocycles. The monoisotopic (exact) mass is 342 g/mol. The molecular formula is C15H23BrN2O2. The van der Waals surface area contributed by atoms with Crippen molar-refractivity contribution in [3.05, 3.63) is 28.2 Å². The van der Waals surface area contributed by atoms with Crippen LogP contribution in [0.15, 0.2) is 22.7 Å². The Bertz CT molecular complexity index is 440. The van der Waals surface area contributed by atoms with Gasteiger partial charge < -0.3 is 15.2 Å². The zero-order valence-electron chi connectivity index (χ0n) is 12.1. The van der Waals surface area contributed by atoms with E-state index in [4.69, 9.17) is 15.2 Å². The average Bonchev–Trinajstić information content (AvgIpc) is 2.45. The molecule has 1 heterocycles. The second-order valence-corrected chi connectivity index (χ2v) is 6.08. The summed E-state index contributed by atoms with van der Waals surface area (Å²) < 4.78 is 12.7. The average molecular weight is 343 g/mol. The van der Waals surface area contributed by atoms with Crippen molar-refractivity contribution in [1.29, 1.82) is 0 Å². The van der Waals surface area contributed by atoms with Crippen molar-refractivity contribution in [3.8, 4) is 5.75 Å². The van der Waals surface area contributed by atoms with Crippen LogP contribution in [-0.2, 0) is 4.74 Å². The molecule has 0 aliphatic carbocycles. The Morgan fingerprint density at radius 2 is 2.35 bits per heavy atom. The molecule has 112 valence electrons. The van der Waals surface area contributed by atoms with Gasteiger partial charge in [0.05, 0.1) is 6.61 Å². The number of likely N-dealkylation sites (N-methyl/N-ethyl adjacent to an activating group) is 1. The summed E-state index contributed by atoms with van der Waals surface area (Å²) in [5, 5.41) is 0. The lowest BCUT2D eigenvalue weighted by atomic mass is 10.1. The highest BCUT2D eigenvalue weighted by Crippen LogP contribution is 2.28. The molecule has 0 saturated carbocycles. The van der Waals surface area contributed by atoms with E-state index >= 15 is 0 Å². The maximum Gasteiger partial charge on any atom is 0.125 e. The predicted molar refractivity (Wildman–Crippen MR) is 84.1 cm³/mol. The summed E-state index contributed by atoms with van der Waals surface area (Å²) in [6.45, 7) is 8.47. The van der Waals surface area contributed by atoms with Crippen molar-refractivity contribution in [1.82, 2.24) is 4.90 Å². The zero-order chi connectivity index (χ0) is 14.5. The Kier molecular flexibility index (Phi) is 5.84. The molecule has 4 nitrogen and oxygen atoms in total. The van der Waals surface area contributed by atoms with Crippen LogP contribution in [0.25, 0.3) is 0 Å². The zero-order valence-corrected chi connectivity index (χ0v) is 13.7. The van der Waals surface area contributed by atoms with Gasteiger partial charge in [-0.05, 0) is 25.6 Å². The topological polar surface area (TPSA) is 47.7 Å². The fraction of sp³-hybridized carbons (Fsp3) is 0.600. The number of nitrogens with two attached hydrogens (primary N) is 1. The van der Waals surface area contributed by atoms with Crippen molar-refractivity contribution >= 4 is 15.9 Å². The fourth-order valence-corrected chi connectivity index (χ4v) is 2.70. The normalized spacial score (nSPS) is 21.7. The minimum atomic E-state index is -0.0440. The molecule has 0 radical (unpaired) electrons. The molecule has 0 spiro atoms. The van der Waals surface area contributed by atoms with Gasteiger partial charge in [-0.15, -0.1) is 0 Å². The van der Waals surface area contributed by atoms with Crippen molar-refractivity contribution in [3.63, 3.8) is 0 Å². The van der Waals surface area contributed by atoms with Crippen LogP contribution in [0.2, 0.25) is 0 Å². The highest BCUT2D eigenvalue weighted by Gasteiger charge is 2.20. The smallest absolute Gasteiger partial charge is 0.125 e. The van der Waals surface area contributed by atoms with Gasteiger partial charge in [0.2, 0.25) is 0 Å². The molecule has 1 fully saturated rings. The van der Waals surface area contributed by atoms with E-state index in [0.717, 1.165) is 42.0 Å². The molecule has 0 bridgehead atoms. The van der Waals surface area contributed by atoms with E-state index in [1.807, 2.05) is 25.1 Å². The van der Waals surface area contributed by atoms with E-state index in [1.54, 1.807) is 0 Å². The van der Waals surface area contributed by atoms with E-state index in [0.29, 0.717) is 6.61 Å². The van der Waals surface area contributed by atoms with Crippen LogP contribution >= 0.6 is 15.9 Å². The third kappa shape index (κ3) is 4.19. The number of nitrogens with zero attached hydrogens (tertiary/aromatic N) is 1. The lowest BCUT2D eigenvalue weighted by Gasteiger charge is -2.32. The molecule has 1 aromatic rings. The van der Waals surface area contributed by atoms with Gasteiger partial charge in [-0.3, -0.25) is 4.90 Å². The molecule has 5 heteroatoms. The van der Waals surface area contributed by atoms with Crippen molar-refractivity contribution in [2.75, 3.05) is 32.8 Å². The third-order valence-electron chi connectivity index (χ3n) is 3.56. The Balaban J connectivity index is 1.98. The van der Waals surface area contributed by atoms with Gasteiger partial charge in [-0.1, -0.05) is 28.9 Å². The van der Waals surface area contributed by atoms with Gasteiger partial charge in [0.25, 0.3) is 0 Å². The van der Waals surface area contributed by atoms with Crippen LogP contribution in [0.5, 0.6) is 5.75 Å². The SMILES string of the molecule is CCN1CCOC(COc2cc(Br)ccc2C(C)N)C1. The number of rotatable bonds is 5. The summed E-state index contributed by atoms with van der Waals surface area (Å²) >= 11 is 3.47. The summed E-state index contributed by atoms with van der Waals surface area (Å²) in [5.41, 5.74) is 7.01. The maximum atomic E-state index is 5.98. The molecule has 2 N–H and O–H groups in total. The van der Waals surface area contributed by atoms with E-state index in [9.17, 15) is 0 Å². The Morgan fingerprint density at radius 1 is 1.55 bits per heavy atom. The maximum absolute atomic E-state index is 5.98. The summed E-state index contributed by atoms with van der Waals surface area (Å²) in [4.78, 5) is 2.38. The molecule has 0 aromatic heterocycles. The number of benzene rings is 1. The highest BCUT2D eigenvalue weighted by atomic mass is 79.9. The lowest BCUT2D eigenvalue weighted by Crippen LogP contribution is -2.44. The second kappa shape index (κ2) is 7.41. The molecular weight excluding hydrogens is 320 g/mol. The van der Waals surface area contributed by atoms with Crippen LogP contribution in [0, 0.1) is 0 Å². The Morgan fingerprint density at radius 3 is 3.05 bits per heavy atom. The minimum Gasteiger partial charge on any atom is -0.490 e. The van der Waals surface area contributed by atoms with E-state index < -0.39 is 0 Å². The molecule has 2 unspecified atom stereocenters. The number of ether oxygens (including phenoxy) is 2. The molecule has 20 heavy (non-hydrogen) atoms. The number of hydrogen-bond donors (Lipinski definition) is 1. The van der Waals surface area contributed by atoms with Crippen LogP contribution in [-0.4, -0.2) is 43.9 Å². The summed E-state index contributed by atoms with van der Waals surface area (Å²) in [6, 6.07) is 5.92. The lowest BCUT2D eigenvalue weighted by molar-refractivity contribution is -0.0465. The number of hydrogen-bond acceptors (Lipinski definition) is 4.